The number of anilines is 1. The number of ether oxygens (including phenoxy) is 1. The van der Waals surface area contributed by atoms with Crippen LogP contribution in [-0.2, 0) is 11.3 Å². The maximum atomic E-state index is 10.7. The topological polar surface area (TPSA) is 99.6 Å². The summed E-state index contributed by atoms with van der Waals surface area (Å²) in [7, 11) is 0. The van der Waals surface area contributed by atoms with E-state index in [1.54, 1.807) is 6.07 Å². The smallest absolute Gasteiger partial charge is 0.269 e. The van der Waals surface area contributed by atoms with Crippen molar-refractivity contribution in [2.75, 3.05) is 24.6 Å². The standard InChI is InChI=1S/C12H13N3O4/c13-6-11-7-14(3-4-19-11)12-2-1-10(15(17)18)5-9(12)8-16/h1-2,5,11,16H,3-4,7-8H2. The van der Waals surface area contributed by atoms with E-state index < -0.39 is 11.0 Å². The van der Waals surface area contributed by atoms with Crippen LogP contribution < -0.4 is 4.90 Å². The molecule has 1 saturated heterocycles. The molecule has 0 spiro atoms. The summed E-state index contributed by atoms with van der Waals surface area (Å²) >= 11 is 0. The molecule has 1 aromatic rings. The van der Waals surface area contributed by atoms with Crippen LogP contribution in [0, 0.1) is 21.4 Å². The molecule has 1 N–H and O–H groups in total. The van der Waals surface area contributed by atoms with Gasteiger partial charge in [-0.05, 0) is 6.07 Å². The van der Waals surface area contributed by atoms with Crippen LogP contribution in [0.1, 0.15) is 5.56 Å². The quantitative estimate of drug-likeness (QED) is 0.640. The molecule has 0 radical (unpaired) electrons. The van der Waals surface area contributed by atoms with E-state index in [2.05, 4.69) is 0 Å². The van der Waals surface area contributed by atoms with E-state index in [4.69, 9.17) is 10.00 Å². The molecule has 7 heteroatoms. The summed E-state index contributed by atoms with van der Waals surface area (Å²) in [5.41, 5.74) is 1.13. The third-order valence-electron chi connectivity index (χ3n) is 3.00. The molecule has 2 rings (SSSR count). The van der Waals surface area contributed by atoms with Crippen LogP contribution in [0.5, 0.6) is 0 Å². The minimum absolute atomic E-state index is 0.0575. The van der Waals surface area contributed by atoms with Crippen molar-refractivity contribution in [3.05, 3.63) is 33.9 Å². The number of nitrogens with zero attached hydrogens (tertiary/aromatic N) is 3. The predicted molar refractivity (Wildman–Crippen MR) is 66.6 cm³/mol. The second kappa shape index (κ2) is 5.65. The summed E-state index contributed by atoms with van der Waals surface area (Å²) in [4.78, 5) is 12.1. The van der Waals surface area contributed by atoms with E-state index in [1.165, 1.54) is 12.1 Å². The summed E-state index contributed by atoms with van der Waals surface area (Å²) in [5, 5.41) is 28.9. The summed E-state index contributed by atoms with van der Waals surface area (Å²) in [6, 6.07) is 6.38. The third-order valence-corrected chi connectivity index (χ3v) is 3.00. The van der Waals surface area contributed by atoms with E-state index in [0.29, 0.717) is 30.9 Å². The highest BCUT2D eigenvalue weighted by atomic mass is 16.6. The van der Waals surface area contributed by atoms with Crippen LogP contribution in [-0.4, -0.2) is 35.8 Å². The van der Waals surface area contributed by atoms with Crippen LogP contribution in [0.2, 0.25) is 0 Å². The Morgan fingerprint density at radius 3 is 3.05 bits per heavy atom. The molecule has 1 fully saturated rings. The highest BCUT2D eigenvalue weighted by Gasteiger charge is 2.22. The number of nitriles is 1. The Morgan fingerprint density at radius 1 is 1.63 bits per heavy atom. The van der Waals surface area contributed by atoms with Crippen molar-refractivity contribution in [2.45, 2.75) is 12.7 Å². The Hall–Kier alpha value is -2.17. The summed E-state index contributed by atoms with van der Waals surface area (Å²) < 4.78 is 5.24. The SMILES string of the molecule is N#CC1CN(c2ccc([N+](=O)[O-])cc2CO)CCO1. The van der Waals surface area contributed by atoms with Crippen LogP contribution in [0.25, 0.3) is 0 Å². The average molecular weight is 263 g/mol. The van der Waals surface area contributed by atoms with Crippen LogP contribution >= 0.6 is 0 Å². The number of hydrogen-bond acceptors (Lipinski definition) is 6. The maximum absolute atomic E-state index is 10.7. The van der Waals surface area contributed by atoms with Gasteiger partial charge in [-0.2, -0.15) is 5.26 Å². The van der Waals surface area contributed by atoms with E-state index in [1.807, 2.05) is 11.0 Å². The molecule has 1 aromatic carbocycles. The second-order valence-corrected chi connectivity index (χ2v) is 4.16. The molecular weight excluding hydrogens is 250 g/mol. The minimum Gasteiger partial charge on any atom is -0.392 e. The monoisotopic (exact) mass is 263 g/mol. The zero-order valence-corrected chi connectivity index (χ0v) is 10.2. The van der Waals surface area contributed by atoms with Crippen molar-refractivity contribution >= 4 is 11.4 Å². The van der Waals surface area contributed by atoms with Gasteiger partial charge in [0, 0.05) is 29.9 Å². The zero-order chi connectivity index (χ0) is 13.8. The number of non-ortho nitro benzene ring substituents is 1. The van der Waals surface area contributed by atoms with Gasteiger partial charge in [0.05, 0.1) is 30.8 Å². The van der Waals surface area contributed by atoms with Gasteiger partial charge < -0.3 is 14.7 Å². The number of aliphatic hydroxyl groups is 1. The van der Waals surface area contributed by atoms with Gasteiger partial charge in [0.2, 0.25) is 0 Å². The van der Waals surface area contributed by atoms with Gasteiger partial charge in [-0.1, -0.05) is 0 Å². The first-order chi connectivity index (χ1) is 9.15. The lowest BCUT2D eigenvalue weighted by molar-refractivity contribution is -0.384. The molecule has 0 bridgehead atoms. The Morgan fingerprint density at radius 2 is 2.42 bits per heavy atom. The minimum atomic E-state index is -0.518. The van der Waals surface area contributed by atoms with Gasteiger partial charge in [0.15, 0.2) is 6.10 Å². The largest absolute Gasteiger partial charge is 0.392 e. The molecule has 0 saturated carbocycles. The number of nitro benzene ring substituents is 1. The van der Waals surface area contributed by atoms with Crippen LogP contribution in [0.4, 0.5) is 11.4 Å². The number of benzene rings is 1. The molecule has 1 aliphatic heterocycles. The van der Waals surface area contributed by atoms with Gasteiger partial charge in [-0.3, -0.25) is 10.1 Å². The highest BCUT2D eigenvalue weighted by molar-refractivity contribution is 5.58. The first-order valence-electron chi connectivity index (χ1n) is 5.80. The van der Waals surface area contributed by atoms with E-state index in [9.17, 15) is 15.2 Å². The summed E-state index contributed by atoms with van der Waals surface area (Å²) in [6.45, 7) is 1.11. The Bertz CT molecular complexity index is 526. The number of aliphatic hydroxyl groups excluding tert-OH is 1. The van der Waals surface area contributed by atoms with Crippen molar-refractivity contribution in [1.82, 2.24) is 0 Å². The van der Waals surface area contributed by atoms with Crippen LogP contribution in [0.15, 0.2) is 18.2 Å². The zero-order valence-electron chi connectivity index (χ0n) is 10.2. The number of nitro groups is 1. The Kier molecular flexibility index (Phi) is 3.94. The van der Waals surface area contributed by atoms with Crippen molar-refractivity contribution < 1.29 is 14.8 Å². The fraction of sp³-hybridized carbons (Fsp3) is 0.417. The third kappa shape index (κ3) is 2.81. The lowest BCUT2D eigenvalue weighted by Crippen LogP contribution is -2.42. The first-order valence-corrected chi connectivity index (χ1v) is 5.80. The van der Waals surface area contributed by atoms with E-state index in [0.717, 1.165) is 0 Å². The maximum Gasteiger partial charge on any atom is 0.269 e. The molecular formula is C12H13N3O4. The van der Waals surface area contributed by atoms with Gasteiger partial charge in [-0.15, -0.1) is 0 Å². The summed E-state index contributed by atoms with van der Waals surface area (Å²) in [5.74, 6) is 0. The van der Waals surface area contributed by atoms with E-state index in [-0.39, 0.29) is 12.3 Å². The molecule has 1 aliphatic rings. The molecule has 1 unspecified atom stereocenters. The second-order valence-electron chi connectivity index (χ2n) is 4.16. The van der Waals surface area contributed by atoms with Crippen molar-refractivity contribution in [3.63, 3.8) is 0 Å². The van der Waals surface area contributed by atoms with Crippen molar-refractivity contribution in [1.29, 1.82) is 5.26 Å². The first kappa shape index (κ1) is 13.3. The Labute approximate surface area is 109 Å². The number of hydrogen-bond donors (Lipinski definition) is 1. The van der Waals surface area contributed by atoms with Crippen LogP contribution in [0.3, 0.4) is 0 Å². The normalized spacial score (nSPS) is 18.9. The van der Waals surface area contributed by atoms with Gasteiger partial charge >= 0.3 is 0 Å². The van der Waals surface area contributed by atoms with Crippen molar-refractivity contribution in [2.24, 2.45) is 0 Å². The van der Waals surface area contributed by atoms with E-state index >= 15 is 0 Å². The molecule has 0 aromatic heterocycles. The van der Waals surface area contributed by atoms with Gasteiger partial charge in [0.25, 0.3) is 5.69 Å². The lowest BCUT2D eigenvalue weighted by Gasteiger charge is -2.32. The average Bonchev–Trinajstić information content (AvgIpc) is 2.46. The number of rotatable bonds is 3. The fourth-order valence-corrected chi connectivity index (χ4v) is 2.07. The molecule has 1 atom stereocenters. The number of morpholine rings is 1. The molecule has 0 amide bonds. The molecule has 19 heavy (non-hydrogen) atoms. The predicted octanol–water partition coefficient (Wildman–Crippen LogP) is 0.816. The summed E-state index contributed by atoms with van der Waals surface area (Å²) in [6.07, 6.45) is -0.518. The molecule has 100 valence electrons. The molecule has 7 nitrogen and oxygen atoms in total. The highest BCUT2D eigenvalue weighted by Crippen LogP contribution is 2.27. The molecule has 1 heterocycles. The van der Waals surface area contributed by atoms with Gasteiger partial charge in [0.1, 0.15) is 0 Å². The molecule has 0 aliphatic carbocycles. The fourth-order valence-electron chi connectivity index (χ4n) is 2.07. The Balaban J connectivity index is 2.29. The van der Waals surface area contributed by atoms with Gasteiger partial charge in [-0.25, -0.2) is 0 Å². The lowest BCUT2D eigenvalue weighted by atomic mass is 10.1. The van der Waals surface area contributed by atoms with Crippen molar-refractivity contribution in [3.8, 4) is 6.07 Å².